The number of aromatic nitrogens is 1. The number of nitrogens with two attached hydrogens (primary N) is 1. The summed E-state index contributed by atoms with van der Waals surface area (Å²) in [5, 5.41) is 2.21. The topological polar surface area (TPSA) is 75.8 Å². The predicted octanol–water partition coefficient (Wildman–Crippen LogP) is 2.52. The Morgan fingerprint density at radius 3 is 2.58 bits per heavy atom. The maximum Gasteiger partial charge on any atom is 0.340 e. The van der Waals surface area contributed by atoms with Crippen LogP contribution in [-0.2, 0) is 4.74 Å². The van der Waals surface area contributed by atoms with Gasteiger partial charge >= 0.3 is 5.97 Å². The first-order valence-electron chi connectivity index (χ1n) is 9.12. The Morgan fingerprint density at radius 1 is 1.29 bits per heavy atom. The molecule has 3 N–H and O–H groups in total. The van der Waals surface area contributed by atoms with E-state index in [0.717, 1.165) is 0 Å². The maximum atomic E-state index is 12.9. The number of aromatic amines is 1. The van der Waals surface area contributed by atoms with Gasteiger partial charge in [-0.05, 0) is 52.5 Å². The van der Waals surface area contributed by atoms with Gasteiger partial charge < -0.3 is 15.0 Å². The summed E-state index contributed by atoms with van der Waals surface area (Å²) in [5.41, 5.74) is 2.45. The van der Waals surface area contributed by atoms with E-state index in [9.17, 15) is 9.59 Å². The first-order chi connectivity index (χ1) is 11.4. The van der Waals surface area contributed by atoms with Gasteiger partial charge in [0.05, 0.1) is 23.9 Å². The van der Waals surface area contributed by atoms with Gasteiger partial charge in [-0.25, -0.2) is 4.79 Å². The van der Waals surface area contributed by atoms with E-state index in [2.05, 4.69) is 17.2 Å². The molecule has 1 aliphatic carbocycles. The minimum Gasteiger partial charge on any atom is -0.462 e. The van der Waals surface area contributed by atoms with E-state index >= 15 is 0 Å². The molecule has 24 heavy (non-hydrogen) atoms. The minimum atomic E-state index is -0.361. The molecule has 0 unspecified atom stereocenters. The highest BCUT2D eigenvalue weighted by molar-refractivity contribution is 6.03. The van der Waals surface area contributed by atoms with E-state index in [0.29, 0.717) is 41.1 Å². The van der Waals surface area contributed by atoms with Crippen LogP contribution in [0, 0.1) is 19.8 Å². The fourth-order valence-corrected chi connectivity index (χ4v) is 3.82. The van der Waals surface area contributed by atoms with Crippen LogP contribution >= 0.6 is 0 Å². The number of carbonyl (C=O) groups is 2. The first-order valence-corrected chi connectivity index (χ1v) is 9.12. The number of H-pyrrole nitrogens is 1. The number of ketones is 1. The number of esters is 1. The third-order valence-corrected chi connectivity index (χ3v) is 5.29. The van der Waals surface area contributed by atoms with Gasteiger partial charge in [0.2, 0.25) is 5.78 Å². The highest BCUT2D eigenvalue weighted by Crippen LogP contribution is 2.22. The smallest absolute Gasteiger partial charge is 0.340 e. The highest BCUT2D eigenvalue weighted by Gasteiger charge is 2.31. The summed E-state index contributed by atoms with van der Waals surface area (Å²) in [6.45, 7) is 9.98. The standard InChI is InChI=1S/C19H30N2O3/c1-6-24-19(23)16-12(3)17(21-13(16)4)18(22)14(5)20-15-10-8-7-9-11(15)2/h11,14-15,20-21H,6-10H2,1-5H3/p+1/t11-,14+,15-/m0/s1. The molecule has 134 valence electrons. The van der Waals surface area contributed by atoms with Crippen molar-refractivity contribution in [3.8, 4) is 0 Å². The second-order valence-corrected chi connectivity index (χ2v) is 7.12. The van der Waals surface area contributed by atoms with Gasteiger partial charge in [0.1, 0.15) is 6.04 Å². The van der Waals surface area contributed by atoms with Gasteiger partial charge in [0, 0.05) is 11.6 Å². The van der Waals surface area contributed by atoms with Crippen molar-refractivity contribution in [2.75, 3.05) is 6.61 Å². The molecule has 0 spiro atoms. The van der Waals surface area contributed by atoms with Crippen molar-refractivity contribution in [3.63, 3.8) is 0 Å². The van der Waals surface area contributed by atoms with Crippen molar-refractivity contribution in [2.45, 2.75) is 72.4 Å². The summed E-state index contributed by atoms with van der Waals surface area (Å²) in [5.74, 6) is 0.347. The van der Waals surface area contributed by atoms with Crippen molar-refractivity contribution in [1.82, 2.24) is 4.98 Å². The Labute approximate surface area is 144 Å². The Balaban J connectivity index is 2.14. The molecule has 2 rings (SSSR count). The number of quaternary nitrogens is 1. The molecule has 5 nitrogen and oxygen atoms in total. The van der Waals surface area contributed by atoms with Crippen LogP contribution in [0.2, 0.25) is 0 Å². The lowest BCUT2D eigenvalue weighted by Gasteiger charge is -2.28. The largest absolute Gasteiger partial charge is 0.462 e. The zero-order valence-electron chi connectivity index (χ0n) is 15.6. The molecule has 0 bridgehead atoms. The molecular formula is C19H31N2O3+. The quantitative estimate of drug-likeness (QED) is 0.619. The van der Waals surface area contributed by atoms with Crippen LogP contribution in [0.25, 0.3) is 0 Å². The lowest BCUT2D eigenvalue weighted by Crippen LogP contribution is -2.97. The van der Waals surface area contributed by atoms with E-state index < -0.39 is 0 Å². The first kappa shape index (κ1) is 18.7. The fourth-order valence-electron chi connectivity index (χ4n) is 3.82. The van der Waals surface area contributed by atoms with Crippen LogP contribution in [0.15, 0.2) is 0 Å². The Morgan fingerprint density at radius 2 is 1.96 bits per heavy atom. The molecule has 0 radical (unpaired) electrons. The molecule has 1 aliphatic rings. The summed E-state index contributed by atoms with van der Waals surface area (Å²) in [6.07, 6.45) is 4.97. The van der Waals surface area contributed by atoms with Crippen LogP contribution in [0.1, 0.15) is 78.6 Å². The van der Waals surface area contributed by atoms with Crippen LogP contribution in [0.3, 0.4) is 0 Å². The van der Waals surface area contributed by atoms with Crippen LogP contribution < -0.4 is 5.32 Å². The summed E-state index contributed by atoms with van der Waals surface area (Å²) in [4.78, 5) is 28.1. The van der Waals surface area contributed by atoms with Gasteiger partial charge in [-0.15, -0.1) is 0 Å². The number of hydrogen-bond donors (Lipinski definition) is 2. The number of aryl methyl sites for hydroxylation is 1. The van der Waals surface area contributed by atoms with E-state index in [1.165, 1.54) is 25.7 Å². The summed E-state index contributed by atoms with van der Waals surface area (Å²) in [7, 11) is 0. The number of Topliss-reactive ketones (excluding diaryl/α,β-unsaturated/α-hetero) is 1. The van der Waals surface area contributed by atoms with Crippen LogP contribution in [0.4, 0.5) is 0 Å². The van der Waals surface area contributed by atoms with Gasteiger partial charge in [-0.3, -0.25) is 4.79 Å². The fraction of sp³-hybridized carbons (Fsp3) is 0.684. The molecule has 1 aromatic heterocycles. The average Bonchev–Trinajstić information content (AvgIpc) is 2.83. The van der Waals surface area contributed by atoms with E-state index in [-0.39, 0.29) is 17.8 Å². The average molecular weight is 335 g/mol. The second kappa shape index (κ2) is 7.97. The minimum absolute atomic E-state index is 0.0592. The van der Waals surface area contributed by atoms with Crippen molar-refractivity contribution in [3.05, 3.63) is 22.5 Å². The third kappa shape index (κ3) is 3.89. The lowest BCUT2D eigenvalue weighted by molar-refractivity contribution is -0.713. The van der Waals surface area contributed by atoms with Gasteiger partial charge in [0.25, 0.3) is 0 Å². The molecule has 1 fully saturated rings. The number of rotatable bonds is 6. The number of carbonyl (C=O) groups excluding carboxylic acids is 2. The van der Waals surface area contributed by atoms with Crippen LogP contribution in [-0.4, -0.2) is 35.4 Å². The normalized spacial score (nSPS) is 22.2. The van der Waals surface area contributed by atoms with E-state index in [1.54, 1.807) is 6.92 Å². The number of ether oxygens (including phenoxy) is 1. The van der Waals surface area contributed by atoms with Crippen molar-refractivity contribution in [1.29, 1.82) is 0 Å². The summed E-state index contributed by atoms with van der Waals surface area (Å²) in [6, 6.07) is 0.362. The molecule has 1 saturated carbocycles. The molecule has 0 aromatic carbocycles. The van der Waals surface area contributed by atoms with Gasteiger partial charge in [-0.1, -0.05) is 13.3 Å². The lowest BCUT2D eigenvalue weighted by atomic mass is 9.85. The summed E-state index contributed by atoms with van der Waals surface area (Å²) < 4.78 is 5.10. The molecule has 3 atom stereocenters. The Kier molecular flexibility index (Phi) is 6.21. The number of hydrogen-bond acceptors (Lipinski definition) is 3. The Bertz CT molecular complexity index is 606. The molecule has 0 amide bonds. The van der Waals surface area contributed by atoms with E-state index in [1.807, 2.05) is 20.8 Å². The number of nitrogens with one attached hydrogen (secondary N) is 1. The molecular weight excluding hydrogens is 304 g/mol. The second-order valence-electron chi connectivity index (χ2n) is 7.12. The molecule has 1 aromatic rings. The Hall–Kier alpha value is -1.62. The predicted molar refractivity (Wildman–Crippen MR) is 93.4 cm³/mol. The molecule has 0 aliphatic heterocycles. The molecule has 5 heteroatoms. The van der Waals surface area contributed by atoms with E-state index in [4.69, 9.17) is 4.74 Å². The maximum absolute atomic E-state index is 12.9. The SMILES string of the molecule is CCOC(=O)c1c(C)[nH]c(C(=O)[C@@H](C)[NH2+][C@H]2CCCC[C@@H]2C)c1C. The third-order valence-electron chi connectivity index (χ3n) is 5.29. The zero-order valence-corrected chi connectivity index (χ0v) is 15.6. The monoisotopic (exact) mass is 335 g/mol. The molecule has 1 heterocycles. The van der Waals surface area contributed by atoms with Gasteiger partial charge in [-0.2, -0.15) is 0 Å². The molecule has 0 saturated heterocycles. The van der Waals surface area contributed by atoms with Gasteiger partial charge in [0.15, 0.2) is 0 Å². The van der Waals surface area contributed by atoms with Crippen LogP contribution in [0.5, 0.6) is 0 Å². The zero-order chi connectivity index (χ0) is 17.9. The summed E-state index contributed by atoms with van der Waals surface area (Å²) >= 11 is 0. The highest BCUT2D eigenvalue weighted by atomic mass is 16.5. The van der Waals surface area contributed by atoms with Crippen molar-refractivity contribution in [2.24, 2.45) is 5.92 Å². The van der Waals surface area contributed by atoms with Crippen molar-refractivity contribution >= 4 is 11.8 Å². The van der Waals surface area contributed by atoms with Crippen molar-refractivity contribution < 1.29 is 19.6 Å².